The number of nitrogens with zero attached hydrogens (tertiary/aromatic N) is 6. The molecule has 3 fully saturated rings. The molecule has 0 aliphatic carbocycles. The Labute approximate surface area is 326 Å². The smallest absolute Gasteiger partial charge is 0.245 e. The second-order valence-electron chi connectivity index (χ2n) is 15.6. The third-order valence-electron chi connectivity index (χ3n) is 11.1. The highest BCUT2D eigenvalue weighted by atomic mass is 16.9. The minimum atomic E-state index is -0.537. The molecule has 292 valence electrons. The molecule has 0 saturated carbocycles. The van der Waals surface area contributed by atoms with Crippen LogP contribution >= 0.6 is 0 Å². The number of aromatic nitrogens is 6. The summed E-state index contributed by atoms with van der Waals surface area (Å²) in [4.78, 5) is 56.1. The molecule has 14 heteroatoms. The number of likely N-dealkylation sites (tertiary alicyclic amines) is 2. The largest absolute Gasteiger partial charge is 0.371 e. The van der Waals surface area contributed by atoms with Gasteiger partial charge in [-0.1, -0.05) is 76.2 Å². The number of anilines is 1. The maximum atomic E-state index is 13.8. The molecule has 14 nitrogen and oxygen atoms in total. The van der Waals surface area contributed by atoms with Gasteiger partial charge in [-0.25, -0.2) is 19.9 Å². The van der Waals surface area contributed by atoms with Crippen LogP contribution in [0.4, 0.5) is 5.69 Å². The van der Waals surface area contributed by atoms with Crippen molar-refractivity contribution in [1.29, 1.82) is 0 Å². The quantitative estimate of drug-likeness (QED) is 0.107. The fraction of sp³-hybridized carbons (Fsp3) is 0.429. The average molecular weight is 759 g/mol. The summed E-state index contributed by atoms with van der Waals surface area (Å²) in [6, 6.07) is 15.8. The number of imidazole rings is 2. The molecule has 0 radical (unpaired) electrons. The molecule has 0 spiro atoms. The van der Waals surface area contributed by atoms with Crippen molar-refractivity contribution in [2.45, 2.75) is 84.0 Å². The van der Waals surface area contributed by atoms with Crippen molar-refractivity contribution in [3.63, 3.8) is 0 Å². The molecular formula is C42H50N10O4. The van der Waals surface area contributed by atoms with E-state index in [0.717, 1.165) is 76.7 Å². The number of aromatic amines is 2. The highest BCUT2D eigenvalue weighted by molar-refractivity contribution is 5.85. The first-order valence-corrected chi connectivity index (χ1v) is 19.7. The van der Waals surface area contributed by atoms with Crippen LogP contribution in [0.1, 0.15) is 77.1 Å². The number of ether oxygens (including phenoxy) is 2. The standard InChI is InChI=1S/C42H50N10O4/c1-25(2)36(47-31-19-43-23-44-20-31)40(53)51-17-5-7-34(51)38-45-21-32(48-38)29-13-9-27(10-14-29)28-11-15-30(16-12-28)33-22-46-39(49-33)35-8-6-18-52(35)41(54)37(26(3)4)50-42-55-24-56-42/h9-16,19-23,25-26,34-37,42,47,50H,5-8,17-18,24H2,1-4H3,(H,45,48)(H,46,49)/t34-,35-,36-,37-/m0/s1. The van der Waals surface area contributed by atoms with Crippen LogP contribution in [0.2, 0.25) is 0 Å². The summed E-state index contributed by atoms with van der Waals surface area (Å²) in [6.45, 7) is 9.77. The van der Waals surface area contributed by atoms with Gasteiger partial charge in [-0.2, -0.15) is 0 Å². The van der Waals surface area contributed by atoms with Crippen LogP contribution in [0, 0.1) is 11.8 Å². The maximum Gasteiger partial charge on any atom is 0.245 e. The Kier molecular flexibility index (Phi) is 10.9. The van der Waals surface area contributed by atoms with Crippen molar-refractivity contribution in [2.75, 3.05) is 25.2 Å². The number of hydrogen-bond donors (Lipinski definition) is 4. The lowest BCUT2D eigenvalue weighted by Crippen LogP contribution is -2.56. The predicted molar refractivity (Wildman–Crippen MR) is 211 cm³/mol. The molecule has 0 unspecified atom stereocenters. The first-order chi connectivity index (χ1) is 27.2. The summed E-state index contributed by atoms with van der Waals surface area (Å²) in [5, 5.41) is 6.55. The van der Waals surface area contributed by atoms with Crippen molar-refractivity contribution in [2.24, 2.45) is 11.8 Å². The summed E-state index contributed by atoms with van der Waals surface area (Å²) in [6.07, 6.45) is 11.6. The number of carbonyl (C=O) groups excluding carboxylic acids is 2. The monoisotopic (exact) mass is 758 g/mol. The number of nitrogens with one attached hydrogen (secondary N) is 4. The Bertz CT molecular complexity index is 2100. The number of benzene rings is 2. The Morgan fingerprint density at radius 1 is 0.679 bits per heavy atom. The second kappa shape index (κ2) is 16.3. The maximum absolute atomic E-state index is 13.8. The highest BCUT2D eigenvalue weighted by Crippen LogP contribution is 2.35. The summed E-state index contributed by atoms with van der Waals surface area (Å²) in [5.74, 6) is 1.85. The van der Waals surface area contributed by atoms with Crippen molar-refractivity contribution in [3.05, 3.63) is 91.3 Å². The van der Waals surface area contributed by atoms with Crippen molar-refractivity contribution >= 4 is 17.5 Å². The van der Waals surface area contributed by atoms with E-state index >= 15 is 0 Å². The Morgan fingerprint density at radius 2 is 1.14 bits per heavy atom. The lowest BCUT2D eigenvalue weighted by Gasteiger charge is -2.35. The lowest BCUT2D eigenvalue weighted by atomic mass is 10.0. The van der Waals surface area contributed by atoms with Gasteiger partial charge in [0.15, 0.2) is 6.79 Å². The molecule has 3 aliphatic rings. The zero-order valence-corrected chi connectivity index (χ0v) is 32.3. The van der Waals surface area contributed by atoms with Crippen molar-refractivity contribution in [1.82, 2.24) is 45.0 Å². The zero-order chi connectivity index (χ0) is 38.8. The van der Waals surface area contributed by atoms with Crippen LogP contribution in [0.25, 0.3) is 33.6 Å². The first-order valence-electron chi connectivity index (χ1n) is 19.7. The van der Waals surface area contributed by atoms with Gasteiger partial charge in [0.1, 0.15) is 24.0 Å². The number of H-pyrrole nitrogens is 2. The van der Waals surface area contributed by atoms with Gasteiger partial charge in [0.05, 0.1) is 60.0 Å². The molecule has 3 aromatic heterocycles. The van der Waals surface area contributed by atoms with E-state index < -0.39 is 18.5 Å². The second-order valence-corrected chi connectivity index (χ2v) is 15.6. The van der Waals surface area contributed by atoms with Crippen LogP contribution in [0.5, 0.6) is 0 Å². The molecule has 3 aliphatic heterocycles. The molecule has 4 N–H and O–H groups in total. The topological polar surface area (TPSA) is 166 Å². The van der Waals surface area contributed by atoms with E-state index in [1.807, 2.05) is 49.9 Å². The van der Waals surface area contributed by atoms with Crippen LogP contribution in [-0.4, -0.2) is 89.9 Å². The predicted octanol–water partition coefficient (Wildman–Crippen LogP) is 6.29. The Hall–Kier alpha value is -5.44. The summed E-state index contributed by atoms with van der Waals surface area (Å²) >= 11 is 0. The molecule has 0 bridgehead atoms. The van der Waals surface area contributed by atoms with Crippen LogP contribution in [0.3, 0.4) is 0 Å². The molecule has 2 amide bonds. The van der Waals surface area contributed by atoms with Crippen LogP contribution < -0.4 is 10.6 Å². The number of carbonyl (C=O) groups is 2. The third kappa shape index (κ3) is 7.81. The summed E-state index contributed by atoms with van der Waals surface area (Å²) in [7, 11) is 0. The van der Waals surface area contributed by atoms with Gasteiger partial charge in [0, 0.05) is 13.1 Å². The van der Waals surface area contributed by atoms with Crippen LogP contribution in [-0.2, 0) is 19.1 Å². The van der Waals surface area contributed by atoms with Gasteiger partial charge in [0.25, 0.3) is 0 Å². The molecule has 8 rings (SSSR count). The molecule has 56 heavy (non-hydrogen) atoms. The van der Waals surface area contributed by atoms with E-state index in [2.05, 4.69) is 79.1 Å². The van der Waals surface area contributed by atoms with Gasteiger partial charge >= 0.3 is 0 Å². The molecule has 5 aromatic rings. The molecule has 3 saturated heterocycles. The summed E-state index contributed by atoms with van der Waals surface area (Å²) < 4.78 is 10.7. The van der Waals surface area contributed by atoms with Crippen molar-refractivity contribution < 1.29 is 19.1 Å². The third-order valence-corrected chi connectivity index (χ3v) is 11.1. The van der Waals surface area contributed by atoms with Crippen LogP contribution in [0.15, 0.2) is 79.6 Å². The van der Waals surface area contributed by atoms with Gasteiger partial charge < -0.3 is 34.6 Å². The summed E-state index contributed by atoms with van der Waals surface area (Å²) in [5.41, 5.74) is 6.79. The van der Waals surface area contributed by atoms with Gasteiger partial charge in [-0.15, -0.1) is 0 Å². The molecule has 4 atom stereocenters. The normalized spacial score (nSPS) is 19.8. The van der Waals surface area contributed by atoms with E-state index in [4.69, 9.17) is 19.4 Å². The van der Waals surface area contributed by atoms with E-state index in [0.29, 0.717) is 13.1 Å². The first kappa shape index (κ1) is 37.5. The fourth-order valence-electron chi connectivity index (χ4n) is 7.97. The number of amides is 2. The van der Waals surface area contributed by atoms with Gasteiger partial charge in [-0.3, -0.25) is 14.9 Å². The Morgan fingerprint density at radius 3 is 1.59 bits per heavy atom. The minimum absolute atomic E-state index is 0.0408. The number of hydrogen-bond acceptors (Lipinski definition) is 10. The Balaban J connectivity index is 0.909. The zero-order valence-electron chi connectivity index (χ0n) is 32.3. The van der Waals surface area contributed by atoms with Crippen molar-refractivity contribution in [3.8, 4) is 33.6 Å². The SMILES string of the molecule is CC(C)[C@H](Nc1cncnc1)C(=O)N1CCC[C@H]1c1ncc(-c2ccc(-c3ccc(-c4cnc([C@@H]5CCCN5C(=O)[C@@H](NC5OCO5)C(C)C)[nH]4)cc3)cc2)[nH]1. The van der Waals surface area contributed by atoms with Gasteiger partial charge in [-0.05, 0) is 59.8 Å². The molecule has 6 heterocycles. The fourth-order valence-corrected chi connectivity index (χ4v) is 7.97. The van der Waals surface area contributed by atoms with E-state index in [9.17, 15) is 9.59 Å². The van der Waals surface area contributed by atoms with Gasteiger partial charge in [0.2, 0.25) is 18.2 Å². The molecular weight excluding hydrogens is 709 g/mol. The van der Waals surface area contributed by atoms with E-state index in [1.165, 1.54) is 6.33 Å². The minimum Gasteiger partial charge on any atom is -0.371 e. The van der Waals surface area contributed by atoms with E-state index in [-0.39, 0.29) is 42.5 Å². The highest BCUT2D eigenvalue weighted by Gasteiger charge is 2.39. The number of rotatable bonds is 13. The van der Waals surface area contributed by atoms with E-state index in [1.54, 1.807) is 12.4 Å². The lowest BCUT2D eigenvalue weighted by molar-refractivity contribution is -0.335. The average Bonchev–Trinajstić information content (AvgIpc) is 4.03. The molecule has 2 aromatic carbocycles.